The van der Waals surface area contributed by atoms with E-state index < -0.39 is 0 Å². The van der Waals surface area contributed by atoms with Crippen LogP contribution in [0.25, 0.3) is 0 Å². The van der Waals surface area contributed by atoms with Gasteiger partial charge in [-0.15, -0.1) is 11.6 Å². The molecule has 1 aromatic heterocycles. The van der Waals surface area contributed by atoms with Gasteiger partial charge in [-0.05, 0) is 25.0 Å². The van der Waals surface area contributed by atoms with Crippen molar-refractivity contribution in [3.05, 3.63) is 24.0 Å². The minimum Gasteiger partial charge on any atom is -0.376 e. The summed E-state index contributed by atoms with van der Waals surface area (Å²) in [7, 11) is 2.08. The number of aromatic nitrogens is 1. The SMILES string of the molecule is CN(CC1CCCO1)c1ccnc(CCl)c1. The third-order valence-corrected chi connectivity index (χ3v) is 3.15. The Morgan fingerprint density at radius 1 is 1.62 bits per heavy atom. The van der Waals surface area contributed by atoms with Gasteiger partial charge in [-0.2, -0.15) is 0 Å². The Kier molecular flexibility index (Phi) is 4.02. The third kappa shape index (κ3) is 2.86. The second-order valence-corrected chi connectivity index (χ2v) is 4.42. The van der Waals surface area contributed by atoms with Crippen LogP contribution < -0.4 is 4.90 Å². The number of halogens is 1. The monoisotopic (exact) mass is 240 g/mol. The predicted molar refractivity (Wildman–Crippen MR) is 66.0 cm³/mol. The first kappa shape index (κ1) is 11.7. The molecule has 4 heteroatoms. The lowest BCUT2D eigenvalue weighted by molar-refractivity contribution is 0.116. The van der Waals surface area contributed by atoms with Gasteiger partial charge in [0.25, 0.3) is 0 Å². The molecule has 0 bridgehead atoms. The summed E-state index contributed by atoms with van der Waals surface area (Å²) >= 11 is 5.77. The minimum absolute atomic E-state index is 0.373. The quantitative estimate of drug-likeness (QED) is 0.756. The maximum Gasteiger partial charge on any atom is 0.0750 e. The molecule has 0 N–H and O–H groups in total. The van der Waals surface area contributed by atoms with Crippen LogP contribution in [-0.4, -0.2) is 31.3 Å². The number of ether oxygens (including phenoxy) is 1. The highest BCUT2D eigenvalue weighted by atomic mass is 35.5. The normalized spacial score (nSPS) is 20.0. The summed E-state index contributed by atoms with van der Waals surface area (Å²) in [5.41, 5.74) is 2.07. The Bertz CT molecular complexity index is 340. The van der Waals surface area contributed by atoms with Crippen molar-refractivity contribution in [2.75, 3.05) is 25.1 Å². The summed E-state index contributed by atoms with van der Waals surface area (Å²) in [5.74, 6) is 0.460. The molecule has 2 rings (SSSR count). The highest BCUT2D eigenvalue weighted by Crippen LogP contribution is 2.18. The van der Waals surface area contributed by atoms with Crippen LogP contribution in [0.15, 0.2) is 18.3 Å². The maximum absolute atomic E-state index is 5.77. The first-order valence-electron chi connectivity index (χ1n) is 5.63. The van der Waals surface area contributed by atoms with Gasteiger partial charge < -0.3 is 9.64 Å². The van der Waals surface area contributed by atoms with E-state index >= 15 is 0 Å². The maximum atomic E-state index is 5.77. The van der Waals surface area contributed by atoms with E-state index in [-0.39, 0.29) is 0 Å². The van der Waals surface area contributed by atoms with Gasteiger partial charge in [-0.25, -0.2) is 0 Å². The van der Waals surface area contributed by atoms with Gasteiger partial charge in [-0.1, -0.05) is 0 Å². The van der Waals surface area contributed by atoms with Crippen molar-refractivity contribution < 1.29 is 4.74 Å². The zero-order valence-corrected chi connectivity index (χ0v) is 10.3. The lowest BCUT2D eigenvalue weighted by Gasteiger charge is -2.22. The molecular weight excluding hydrogens is 224 g/mol. The second kappa shape index (κ2) is 5.51. The second-order valence-electron chi connectivity index (χ2n) is 4.15. The third-order valence-electron chi connectivity index (χ3n) is 2.88. The number of rotatable bonds is 4. The Morgan fingerprint density at radius 3 is 3.19 bits per heavy atom. The van der Waals surface area contributed by atoms with Crippen LogP contribution in [0.2, 0.25) is 0 Å². The van der Waals surface area contributed by atoms with Gasteiger partial charge in [0, 0.05) is 32.1 Å². The molecule has 16 heavy (non-hydrogen) atoms. The number of hydrogen-bond donors (Lipinski definition) is 0. The van der Waals surface area contributed by atoms with Crippen LogP contribution in [0.3, 0.4) is 0 Å². The average molecular weight is 241 g/mol. The molecule has 0 spiro atoms. The molecule has 1 fully saturated rings. The van der Waals surface area contributed by atoms with Crippen molar-refractivity contribution >= 4 is 17.3 Å². The molecule has 1 atom stereocenters. The topological polar surface area (TPSA) is 25.4 Å². The van der Waals surface area contributed by atoms with Gasteiger partial charge in [0.2, 0.25) is 0 Å². The molecule has 1 aromatic rings. The largest absolute Gasteiger partial charge is 0.376 e. The molecule has 0 aliphatic carbocycles. The fraction of sp³-hybridized carbons (Fsp3) is 0.583. The zero-order chi connectivity index (χ0) is 11.4. The van der Waals surface area contributed by atoms with E-state index in [4.69, 9.17) is 16.3 Å². The van der Waals surface area contributed by atoms with Crippen molar-refractivity contribution in [1.29, 1.82) is 0 Å². The number of likely N-dealkylation sites (N-methyl/N-ethyl adjacent to an activating group) is 1. The van der Waals surface area contributed by atoms with Crippen molar-refractivity contribution in [3.63, 3.8) is 0 Å². The van der Waals surface area contributed by atoms with Crippen LogP contribution in [0.5, 0.6) is 0 Å². The summed E-state index contributed by atoms with van der Waals surface area (Å²) in [6.07, 6.45) is 4.52. The number of nitrogens with zero attached hydrogens (tertiary/aromatic N) is 2. The number of alkyl halides is 1. The summed E-state index contributed by atoms with van der Waals surface area (Å²) in [6, 6.07) is 4.03. The summed E-state index contributed by atoms with van der Waals surface area (Å²) in [4.78, 5) is 6.38. The fourth-order valence-electron chi connectivity index (χ4n) is 1.98. The smallest absolute Gasteiger partial charge is 0.0750 e. The molecule has 0 radical (unpaired) electrons. The van der Waals surface area contributed by atoms with Crippen molar-refractivity contribution in [2.45, 2.75) is 24.8 Å². The van der Waals surface area contributed by atoms with E-state index in [1.54, 1.807) is 6.20 Å². The molecule has 0 amide bonds. The molecule has 88 valence electrons. The summed E-state index contributed by atoms with van der Waals surface area (Å²) in [5, 5.41) is 0. The highest BCUT2D eigenvalue weighted by Gasteiger charge is 2.17. The van der Waals surface area contributed by atoms with E-state index in [1.807, 2.05) is 12.1 Å². The lowest BCUT2D eigenvalue weighted by Crippen LogP contribution is -2.28. The van der Waals surface area contributed by atoms with Gasteiger partial charge in [0.1, 0.15) is 0 Å². The van der Waals surface area contributed by atoms with Crippen LogP contribution >= 0.6 is 11.6 Å². The van der Waals surface area contributed by atoms with Crippen molar-refractivity contribution in [3.8, 4) is 0 Å². The Labute approximate surface area is 101 Å². The van der Waals surface area contributed by atoms with E-state index in [9.17, 15) is 0 Å². The molecule has 0 saturated carbocycles. The molecular formula is C12H17ClN2O. The minimum atomic E-state index is 0.373. The van der Waals surface area contributed by atoms with Gasteiger partial charge >= 0.3 is 0 Å². The number of pyridine rings is 1. The highest BCUT2D eigenvalue weighted by molar-refractivity contribution is 6.16. The van der Waals surface area contributed by atoms with E-state index in [0.29, 0.717) is 12.0 Å². The number of hydrogen-bond acceptors (Lipinski definition) is 3. The van der Waals surface area contributed by atoms with Crippen molar-refractivity contribution in [2.24, 2.45) is 0 Å². The van der Waals surface area contributed by atoms with Crippen LogP contribution in [0.4, 0.5) is 5.69 Å². The zero-order valence-electron chi connectivity index (χ0n) is 9.53. The van der Waals surface area contributed by atoms with Crippen LogP contribution in [0.1, 0.15) is 18.5 Å². The van der Waals surface area contributed by atoms with Crippen molar-refractivity contribution in [1.82, 2.24) is 4.98 Å². The van der Waals surface area contributed by atoms with E-state index in [1.165, 1.54) is 6.42 Å². The molecule has 0 aromatic carbocycles. The van der Waals surface area contributed by atoms with E-state index in [0.717, 1.165) is 31.0 Å². The molecule has 1 aliphatic rings. The standard InChI is InChI=1S/C12H17ClN2O/c1-15(9-12-3-2-6-16-12)11-4-5-14-10(7-11)8-13/h4-5,7,12H,2-3,6,8-9H2,1H3. The molecule has 3 nitrogen and oxygen atoms in total. The molecule has 2 heterocycles. The molecule has 1 unspecified atom stereocenters. The lowest BCUT2D eigenvalue weighted by atomic mass is 10.2. The molecule has 1 aliphatic heterocycles. The summed E-state index contributed by atoms with van der Waals surface area (Å²) in [6.45, 7) is 1.84. The predicted octanol–water partition coefficient (Wildman–Crippen LogP) is 2.44. The summed E-state index contributed by atoms with van der Waals surface area (Å²) < 4.78 is 5.62. The van der Waals surface area contributed by atoms with Gasteiger partial charge in [0.15, 0.2) is 0 Å². The molecule has 1 saturated heterocycles. The van der Waals surface area contributed by atoms with Gasteiger partial charge in [0.05, 0.1) is 17.7 Å². The fourth-order valence-corrected chi connectivity index (χ4v) is 2.12. The Morgan fingerprint density at radius 2 is 2.50 bits per heavy atom. The van der Waals surface area contributed by atoms with Crippen LogP contribution in [0, 0.1) is 0 Å². The first-order valence-corrected chi connectivity index (χ1v) is 6.16. The van der Waals surface area contributed by atoms with E-state index in [2.05, 4.69) is 16.9 Å². The first-order chi connectivity index (χ1) is 7.79. The van der Waals surface area contributed by atoms with Gasteiger partial charge in [-0.3, -0.25) is 4.98 Å². The number of anilines is 1. The Hall–Kier alpha value is -0.800. The van der Waals surface area contributed by atoms with Crippen LogP contribution in [-0.2, 0) is 10.6 Å². The Balaban J connectivity index is 1.98. The average Bonchev–Trinajstić information content (AvgIpc) is 2.82.